The third kappa shape index (κ3) is 5.83. The highest BCUT2D eigenvalue weighted by Crippen LogP contribution is 2.12. The Morgan fingerprint density at radius 2 is 1.62 bits per heavy atom. The second-order valence-electron chi connectivity index (χ2n) is 6.74. The van der Waals surface area contributed by atoms with Crippen LogP contribution < -0.4 is 10.6 Å². The zero-order valence-electron chi connectivity index (χ0n) is 15.0. The fourth-order valence-electron chi connectivity index (χ4n) is 2.46. The molecule has 2 atom stereocenters. The van der Waals surface area contributed by atoms with Gasteiger partial charge in [0.2, 0.25) is 11.8 Å². The number of carbonyl (C=O) groups is 3. The van der Waals surface area contributed by atoms with Gasteiger partial charge in [-0.1, -0.05) is 52.0 Å². The average Bonchev–Trinajstić information content (AvgIpc) is 3.04. The molecule has 1 aliphatic rings. The Hall–Kier alpha value is -2.11. The van der Waals surface area contributed by atoms with E-state index in [0.29, 0.717) is 6.42 Å². The van der Waals surface area contributed by atoms with Gasteiger partial charge >= 0.3 is 5.97 Å². The minimum absolute atomic E-state index is 0.113. The zero-order chi connectivity index (χ0) is 18.3. The van der Waals surface area contributed by atoms with Gasteiger partial charge in [0.1, 0.15) is 12.1 Å². The SMILES string of the molecule is COC(=O)[C@@H](NC(=O)[C@H](CC(C)C)NC(=O)C1C=CC=C1)C(C)C. The lowest BCUT2D eigenvalue weighted by Crippen LogP contribution is -2.54. The molecule has 6 nitrogen and oxygen atoms in total. The first-order valence-electron chi connectivity index (χ1n) is 8.29. The molecule has 0 spiro atoms. The maximum absolute atomic E-state index is 12.6. The fourth-order valence-corrected chi connectivity index (χ4v) is 2.46. The zero-order valence-corrected chi connectivity index (χ0v) is 15.0. The van der Waals surface area contributed by atoms with Crippen molar-refractivity contribution in [2.24, 2.45) is 17.8 Å². The van der Waals surface area contributed by atoms with Gasteiger partial charge in [0.05, 0.1) is 13.0 Å². The largest absolute Gasteiger partial charge is 0.467 e. The molecule has 2 N–H and O–H groups in total. The Morgan fingerprint density at radius 3 is 2.08 bits per heavy atom. The van der Waals surface area contributed by atoms with E-state index in [0.717, 1.165) is 0 Å². The van der Waals surface area contributed by atoms with Crippen LogP contribution in [0.1, 0.15) is 34.1 Å². The van der Waals surface area contributed by atoms with Crippen molar-refractivity contribution in [2.75, 3.05) is 7.11 Å². The fraction of sp³-hybridized carbons (Fsp3) is 0.611. The lowest BCUT2D eigenvalue weighted by atomic mass is 9.99. The van der Waals surface area contributed by atoms with Crippen molar-refractivity contribution in [1.82, 2.24) is 10.6 Å². The van der Waals surface area contributed by atoms with Crippen molar-refractivity contribution in [3.63, 3.8) is 0 Å². The number of methoxy groups -OCH3 is 1. The summed E-state index contributed by atoms with van der Waals surface area (Å²) >= 11 is 0. The third-order valence-corrected chi connectivity index (χ3v) is 3.81. The molecule has 1 rings (SSSR count). The molecule has 0 radical (unpaired) electrons. The topological polar surface area (TPSA) is 84.5 Å². The molecule has 0 unspecified atom stereocenters. The van der Waals surface area contributed by atoms with Gasteiger partial charge in [-0.25, -0.2) is 4.79 Å². The van der Waals surface area contributed by atoms with Crippen LogP contribution in [0.25, 0.3) is 0 Å². The van der Waals surface area contributed by atoms with E-state index in [2.05, 4.69) is 10.6 Å². The van der Waals surface area contributed by atoms with Crippen LogP contribution in [0.5, 0.6) is 0 Å². The van der Waals surface area contributed by atoms with E-state index in [9.17, 15) is 14.4 Å². The molecular formula is C18H28N2O4. The summed E-state index contributed by atoms with van der Waals surface area (Å²) < 4.78 is 4.74. The summed E-state index contributed by atoms with van der Waals surface area (Å²) in [5.41, 5.74) is 0. The van der Waals surface area contributed by atoms with Crippen LogP contribution in [0.2, 0.25) is 0 Å². The van der Waals surface area contributed by atoms with Crippen LogP contribution >= 0.6 is 0 Å². The summed E-state index contributed by atoms with van der Waals surface area (Å²) in [6.45, 7) is 7.60. The molecule has 0 bridgehead atoms. The molecule has 0 fully saturated rings. The van der Waals surface area contributed by atoms with E-state index in [-0.39, 0.29) is 29.6 Å². The second-order valence-corrected chi connectivity index (χ2v) is 6.74. The lowest BCUT2D eigenvalue weighted by molar-refractivity contribution is -0.146. The molecule has 0 aromatic rings. The molecular weight excluding hydrogens is 308 g/mol. The average molecular weight is 336 g/mol. The van der Waals surface area contributed by atoms with Gasteiger partial charge in [0, 0.05) is 0 Å². The number of hydrogen-bond acceptors (Lipinski definition) is 4. The van der Waals surface area contributed by atoms with Gasteiger partial charge in [-0.15, -0.1) is 0 Å². The van der Waals surface area contributed by atoms with Gasteiger partial charge in [-0.05, 0) is 18.3 Å². The van der Waals surface area contributed by atoms with Crippen molar-refractivity contribution in [3.05, 3.63) is 24.3 Å². The van der Waals surface area contributed by atoms with Crippen LogP contribution in [0.3, 0.4) is 0 Å². The number of amides is 2. The van der Waals surface area contributed by atoms with Gasteiger partial charge in [-0.3, -0.25) is 9.59 Å². The molecule has 6 heteroatoms. The van der Waals surface area contributed by atoms with Crippen LogP contribution in [0, 0.1) is 17.8 Å². The molecule has 2 amide bonds. The molecule has 134 valence electrons. The van der Waals surface area contributed by atoms with Crippen molar-refractivity contribution in [2.45, 2.75) is 46.2 Å². The molecule has 0 aliphatic heterocycles. The number of esters is 1. The monoisotopic (exact) mass is 336 g/mol. The number of carbonyl (C=O) groups excluding carboxylic acids is 3. The minimum Gasteiger partial charge on any atom is -0.467 e. The predicted molar refractivity (Wildman–Crippen MR) is 91.9 cm³/mol. The summed E-state index contributed by atoms with van der Waals surface area (Å²) in [6.07, 6.45) is 7.63. The maximum Gasteiger partial charge on any atom is 0.328 e. The summed E-state index contributed by atoms with van der Waals surface area (Å²) in [4.78, 5) is 36.7. The first-order chi connectivity index (χ1) is 11.3. The highest BCUT2D eigenvalue weighted by atomic mass is 16.5. The van der Waals surface area contributed by atoms with E-state index >= 15 is 0 Å². The van der Waals surface area contributed by atoms with E-state index in [1.807, 2.05) is 27.7 Å². The quantitative estimate of drug-likeness (QED) is 0.659. The Kier molecular flexibility index (Phi) is 7.68. The molecule has 0 saturated carbocycles. The normalized spacial score (nSPS) is 16.3. The molecule has 0 heterocycles. The maximum atomic E-state index is 12.6. The molecule has 0 saturated heterocycles. The number of hydrogen-bond donors (Lipinski definition) is 2. The number of rotatable bonds is 8. The van der Waals surface area contributed by atoms with E-state index < -0.39 is 18.1 Å². The smallest absolute Gasteiger partial charge is 0.328 e. The van der Waals surface area contributed by atoms with Crippen molar-refractivity contribution < 1.29 is 19.1 Å². The standard InChI is InChI=1S/C18H28N2O4/c1-11(2)10-14(19-16(21)13-8-6-7-9-13)17(22)20-15(12(3)4)18(23)24-5/h6-9,11-15H,10H2,1-5H3,(H,19,21)(H,20,22)/t14-,15-/m0/s1. The predicted octanol–water partition coefficient (Wildman–Crippen LogP) is 1.57. The van der Waals surface area contributed by atoms with Gasteiger partial charge in [0.15, 0.2) is 0 Å². The first kappa shape index (κ1) is 19.9. The molecule has 0 aromatic heterocycles. The van der Waals surface area contributed by atoms with Crippen LogP contribution in [-0.4, -0.2) is 37.0 Å². The van der Waals surface area contributed by atoms with Crippen molar-refractivity contribution in [3.8, 4) is 0 Å². The van der Waals surface area contributed by atoms with Gasteiger partial charge in [0.25, 0.3) is 0 Å². The lowest BCUT2D eigenvalue weighted by Gasteiger charge is -2.25. The van der Waals surface area contributed by atoms with E-state index in [1.165, 1.54) is 7.11 Å². The highest BCUT2D eigenvalue weighted by Gasteiger charge is 2.30. The van der Waals surface area contributed by atoms with E-state index in [4.69, 9.17) is 4.74 Å². The summed E-state index contributed by atoms with van der Waals surface area (Å²) in [5.74, 6) is -1.33. The number of nitrogens with one attached hydrogen (secondary N) is 2. The molecule has 24 heavy (non-hydrogen) atoms. The Labute approximate surface area is 143 Å². The van der Waals surface area contributed by atoms with Gasteiger partial charge in [-0.2, -0.15) is 0 Å². The third-order valence-electron chi connectivity index (χ3n) is 3.81. The summed E-state index contributed by atoms with van der Waals surface area (Å²) in [5, 5.41) is 5.49. The summed E-state index contributed by atoms with van der Waals surface area (Å²) in [7, 11) is 1.29. The van der Waals surface area contributed by atoms with Crippen molar-refractivity contribution in [1.29, 1.82) is 0 Å². The summed E-state index contributed by atoms with van der Waals surface area (Å²) in [6, 6.07) is -1.42. The highest BCUT2D eigenvalue weighted by molar-refractivity contribution is 5.92. The second kappa shape index (κ2) is 9.25. The molecule has 0 aromatic carbocycles. The Morgan fingerprint density at radius 1 is 1.04 bits per heavy atom. The van der Waals surface area contributed by atoms with Gasteiger partial charge < -0.3 is 15.4 Å². The van der Waals surface area contributed by atoms with Crippen LogP contribution in [0.15, 0.2) is 24.3 Å². The van der Waals surface area contributed by atoms with E-state index in [1.54, 1.807) is 24.3 Å². The Balaban J connectivity index is 2.79. The van der Waals surface area contributed by atoms with Crippen LogP contribution in [-0.2, 0) is 19.1 Å². The molecule has 1 aliphatic carbocycles. The first-order valence-corrected chi connectivity index (χ1v) is 8.29. The number of allylic oxidation sites excluding steroid dienone is 2. The Bertz CT molecular complexity index is 511. The number of ether oxygens (including phenoxy) is 1. The van der Waals surface area contributed by atoms with Crippen molar-refractivity contribution >= 4 is 17.8 Å². The van der Waals surface area contributed by atoms with Crippen LogP contribution in [0.4, 0.5) is 0 Å². The minimum atomic E-state index is -0.736.